The fourth-order valence-electron chi connectivity index (χ4n) is 1.45. The van der Waals surface area contributed by atoms with E-state index >= 15 is 0 Å². The van der Waals surface area contributed by atoms with Gasteiger partial charge in [0.15, 0.2) is 0 Å². The summed E-state index contributed by atoms with van der Waals surface area (Å²) in [4.78, 5) is 10.8. The molecule has 0 bridgehead atoms. The number of methoxy groups -OCH3 is 1. The molecule has 2 N–H and O–H groups in total. The van der Waals surface area contributed by atoms with Crippen molar-refractivity contribution in [2.75, 3.05) is 7.11 Å². The molecule has 18 heavy (non-hydrogen) atoms. The highest BCUT2D eigenvalue weighted by atomic mass is 79.9. The predicted molar refractivity (Wildman–Crippen MR) is 70.2 cm³/mol. The van der Waals surface area contributed by atoms with Crippen molar-refractivity contribution in [1.82, 2.24) is 10.2 Å². The molecule has 0 unspecified atom stereocenters. The number of hydrogen-bond donors (Lipinski definition) is 2. The Balaban J connectivity index is 2.50. The van der Waals surface area contributed by atoms with Crippen molar-refractivity contribution in [3.8, 4) is 17.0 Å². The molecule has 1 aromatic heterocycles. The van der Waals surface area contributed by atoms with Crippen molar-refractivity contribution in [1.29, 1.82) is 0 Å². The van der Waals surface area contributed by atoms with Crippen LogP contribution in [0.2, 0.25) is 5.02 Å². The van der Waals surface area contributed by atoms with E-state index < -0.39 is 5.97 Å². The lowest BCUT2D eigenvalue weighted by atomic mass is 10.1. The summed E-state index contributed by atoms with van der Waals surface area (Å²) >= 11 is 9.44. The standard InChI is InChI=1S/C11H8BrClN2O3/c1-18-10-3-7(13)5(2-6(10)12)8-4-9(11(16)17)15-14-8/h2-4H,1H3,(H,14,15)(H,16,17). The maximum Gasteiger partial charge on any atom is 0.353 e. The zero-order chi connectivity index (χ0) is 13.3. The topological polar surface area (TPSA) is 75.2 Å². The minimum absolute atomic E-state index is 0.00741. The molecule has 0 fully saturated rings. The molecule has 0 spiro atoms. The Kier molecular flexibility index (Phi) is 3.58. The number of nitrogens with zero attached hydrogens (tertiary/aromatic N) is 1. The van der Waals surface area contributed by atoms with Crippen LogP contribution in [0.3, 0.4) is 0 Å². The molecule has 2 rings (SSSR count). The smallest absolute Gasteiger partial charge is 0.353 e. The number of halogens is 2. The molecule has 5 nitrogen and oxygen atoms in total. The van der Waals surface area contributed by atoms with Crippen LogP contribution in [0.15, 0.2) is 22.7 Å². The predicted octanol–water partition coefficient (Wildman–Crippen LogP) is 3.20. The van der Waals surface area contributed by atoms with E-state index in [1.165, 1.54) is 13.2 Å². The second kappa shape index (κ2) is 4.99. The number of nitrogens with one attached hydrogen (secondary N) is 1. The van der Waals surface area contributed by atoms with Gasteiger partial charge < -0.3 is 9.84 Å². The first kappa shape index (κ1) is 12.9. The molecule has 1 heterocycles. The highest BCUT2D eigenvalue weighted by molar-refractivity contribution is 9.10. The summed E-state index contributed by atoms with van der Waals surface area (Å²) in [5.74, 6) is -0.477. The molecule has 1 aromatic carbocycles. The Hall–Kier alpha value is -1.53. The van der Waals surface area contributed by atoms with Crippen LogP contribution in [0, 0.1) is 0 Å². The maximum absolute atomic E-state index is 10.8. The van der Waals surface area contributed by atoms with Crippen LogP contribution in [0.5, 0.6) is 5.75 Å². The number of benzene rings is 1. The largest absolute Gasteiger partial charge is 0.496 e. The molecule has 94 valence electrons. The molecule has 0 saturated carbocycles. The number of ether oxygens (including phenoxy) is 1. The third kappa shape index (κ3) is 2.34. The van der Waals surface area contributed by atoms with Gasteiger partial charge in [-0.3, -0.25) is 5.10 Å². The van der Waals surface area contributed by atoms with Gasteiger partial charge in [0, 0.05) is 11.6 Å². The second-order valence-electron chi connectivity index (χ2n) is 3.44. The highest BCUT2D eigenvalue weighted by Gasteiger charge is 2.14. The Bertz CT molecular complexity index is 612. The molecule has 0 aliphatic carbocycles. The monoisotopic (exact) mass is 330 g/mol. The lowest BCUT2D eigenvalue weighted by Crippen LogP contribution is -1.95. The molecule has 7 heteroatoms. The average Bonchev–Trinajstić information content (AvgIpc) is 2.81. The van der Waals surface area contributed by atoms with E-state index in [9.17, 15) is 4.79 Å². The highest BCUT2D eigenvalue weighted by Crippen LogP contribution is 2.36. The minimum atomic E-state index is -1.07. The van der Waals surface area contributed by atoms with E-state index in [0.29, 0.717) is 26.5 Å². The zero-order valence-corrected chi connectivity index (χ0v) is 11.5. The SMILES string of the molecule is COc1cc(Cl)c(-c2cc(C(=O)O)[nH]n2)cc1Br. The first-order valence-corrected chi connectivity index (χ1v) is 6.02. The Morgan fingerprint density at radius 3 is 2.78 bits per heavy atom. The number of carboxylic acids is 1. The van der Waals surface area contributed by atoms with Gasteiger partial charge in [-0.2, -0.15) is 5.10 Å². The number of carbonyl (C=O) groups is 1. The van der Waals surface area contributed by atoms with Gasteiger partial charge in [0.05, 0.1) is 22.3 Å². The number of aromatic nitrogens is 2. The fraction of sp³-hybridized carbons (Fsp3) is 0.0909. The van der Waals surface area contributed by atoms with Crippen molar-refractivity contribution in [3.63, 3.8) is 0 Å². The molecule has 0 aliphatic rings. The van der Waals surface area contributed by atoms with Crippen molar-refractivity contribution >= 4 is 33.5 Å². The Morgan fingerprint density at radius 1 is 1.50 bits per heavy atom. The van der Waals surface area contributed by atoms with Gasteiger partial charge in [0.25, 0.3) is 0 Å². The zero-order valence-electron chi connectivity index (χ0n) is 9.20. The van der Waals surface area contributed by atoms with Crippen LogP contribution in [0.1, 0.15) is 10.5 Å². The van der Waals surface area contributed by atoms with Crippen LogP contribution >= 0.6 is 27.5 Å². The van der Waals surface area contributed by atoms with E-state index in [0.717, 1.165) is 0 Å². The Labute approximate surface area is 116 Å². The van der Waals surface area contributed by atoms with Gasteiger partial charge in [-0.05, 0) is 28.1 Å². The van der Waals surface area contributed by atoms with Gasteiger partial charge in [-0.1, -0.05) is 11.6 Å². The van der Waals surface area contributed by atoms with E-state index in [1.807, 2.05) is 0 Å². The minimum Gasteiger partial charge on any atom is -0.496 e. The van der Waals surface area contributed by atoms with Gasteiger partial charge >= 0.3 is 5.97 Å². The molecule has 0 radical (unpaired) electrons. The van der Waals surface area contributed by atoms with Crippen molar-refractivity contribution in [2.24, 2.45) is 0 Å². The second-order valence-corrected chi connectivity index (χ2v) is 4.70. The number of rotatable bonds is 3. The van der Waals surface area contributed by atoms with Crippen LogP contribution in [0.4, 0.5) is 0 Å². The third-order valence-electron chi connectivity index (χ3n) is 2.33. The Morgan fingerprint density at radius 2 is 2.22 bits per heavy atom. The van der Waals surface area contributed by atoms with Crippen molar-refractivity contribution < 1.29 is 14.6 Å². The quantitative estimate of drug-likeness (QED) is 0.905. The summed E-state index contributed by atoms with van der Waals surface area (Å²) < 4.78 is 5.82. The molecule has 0 aliphatic heterocycles. The van der Waals surface area contributed by atoms with Crippen LogP contribution in [-0.2, 0) is 0 Å². The summed E-state index contributed by atoms with van der Waals surface area (Å²) in [5.41, 5.74) is 1.09. The normalized spacial score (nSPS) is 10.4. The summed E-state index contributed by atoms with van der Waals surface area (Å²) in [6.45, 7) is 0. The number of aromatic carboxylic acids is 1. The van der Waals surface area contributed by atoms with Gasteiger partial charge in [0.2, 0.25) is 0 Å². The lowest BCUT2D eigenvalue weighted by Gasteiger charge is -2.07. The van der Waals surface area contributed by atoms with E-state index in [1.54, 1.807) is 12.1 Å². The molecular formula is C11H8BrClN2O3. The van der Waals surface area contributed by atoms with Crippen LogP contribution in [-0.4, -0.2) is 28.4 Å². The van der Waals surface area contributed by atoms with Gasteiger partial charge in [-0.25, -0.2) is 4.79 Å². The summed E-state index contributed by atoms with van der Waals surface area (Å²) in [7, 11) is 1.53. The van der Waals surface area contributed by atoms with Crippen LogP contribution in [0.25, 0.3) is 11.3 Å². The van der Waals surface area contributed by atoms with Crippen LogP contribution < -0.4 is 4.74 Å². The van der Waals surface area contributed by atoms with Crippen molar-refractivity contribution in [3.05, 3.63) is 33.4 Å². The lowest BCUT2D eigenvalue weighted by molar-refractivity contribution is 0.0690. The number of H-pyrrole nitrogens is 1. The summed E-state index contributed by atoms with van der Waals surface area (Å²) in [6, 6.07) is 4.78. The average molecular weight is 332 g/mol. The number of aromatic amines is 1. The molecule has 0 saturated heterocycles. The van der Waals surface area contributed by atoms with Crippen molar-refractivity contribution in [2.45, 2.75) is 0 Å². The molecule has 2 aromatic rings. The first-order valence-electron chi connectivity index (χ1n) is 4.85. The third-order valence-corrected chi connectivity index (χ3v) is 3.26. The number of carboxylic acid groups (broad SMARTS) is 1. The van der Waals surface area contributed by atoms with E-state index in [4.69, 9.17) is 21.4 Å². The first-order chi connectivity index (χ1) is 8.52. The molecule has 0 atom stereocenters. The summed E-state index contributed by atoms with van der Waals surface area (Å²) in [5, 5.41) is 15.6. The maximum atomic E-state index is 10.8. The van der Waals surface area contributed by atoms with Gasteiger partial charge in [0.1, 0.15) is 11.4 Å². The van der Waals surface area contributed by atoms with E-state index in [2.05, 4.69) is 26.1 Å². The molecule has 0 amide bonds. The van der Waals surface area contributed by atoms with Gasteiger partial charge in [-0.15, -0.1) is 0 Å². The number of hydrogen-bond acceptors (Lipinski definition) is 3. The summed E-state index contributed by atoms with van der Waals surface area (Å²) in [6.07, 6.45) is 0. The van der Waals surface area contributed by atoms with E-state index in [-0.39, 0.29) is 5.69 Å². The molecular weight excluding hydrogens is 323 g/mol. The fourth-order valence-corrected chi connectivity index (χ4v) is 2.21.